The van der Waals surface area contributed by atoms with Crippen LogP contribution in [0, 0.1) is 11.6 Å². The van der Waals surface area contributed by atoms with E-state index in [0.717, 1.165) is 12.1 Å². The lowest BCUT2D eigenvalue weighted by Crippen LogP contribution is -2.28. The minimum absolute atomic E-state index is 0.154. The summed E-state index contributed by atoms with van der Waals surface area (Å²) in [5.41, 5.74) is 0.402. The van der Waals surface area contributed by atoms with Gasteiger partial charge in [-0.25, -0.2) is 8.78 Å². The van der Waals surface area contributed by atoms with Crippen LogP contribution in [-0.4, -0.2) is 37.4 Å². The number of aliphatic hydroxyl groups excluding tert-OH is 1. The molecule has 0 spiro atoms. The molecule has 2 N–H and O–H groups in total. The predicted octanol–water partition coefficient (Wildman–Crippen LogP) is 3.62. The van der Waals surface area contributed by atoms with Crippen molar-refractivity contribution in [3.8, 4) is 17.2 Å². The molecule has 8 heteroatoms. The van der Waals surface area contributed by atoms with Crippen molar-refractivity contribution in [2.24, 2.45) is 0 Å². The van der Waals surface area contributed by atoms with Gasteiger partial charge in [0.05, 0.1) is 25.9 Å². The maximum absolute atomic E-state index is 13.3. The number of hydrogen-bond donors (Lipinski definition) is 2. The van der Waals surface area contributed by atoms with Crippen molar-refractivity contribution >= 4 is 5.91 Å². The number of amides is 1. The van der Waals surface area contributed by atoms with Gasteiger partial charge in [-0.1, -0.05) is 6.07 Å². The van der Waals surface area contributed by atoms with Gasteiger partial charge in [0, 0.05) is 12.1 Å². The molecule has 0 aliphatic heterocycles. The van der Waals surface area contributed by atoms with Gasteiger partial charge in [0.2, 0.25) is 5.75 Å². The average molecular weight is 409 g/mol. The van der Waals surface area contributed by atoms with E-state index in [1.54, 1.807) is 13.8 Å². The molecule has 1 unspecified atom stereocenters. The Hall–Kier alpha value is -2.87. The number of ether oxygens (including phenoxy) is 3. The smallest absolute Gasteiger partial charge is 0.251 e. The highest BCUT2D eigenvalue weighted by atomic mass is 19.2. The molecule has 0 saturated carbocycles. The highest BCUT2D eigenvalue weighted by Gasteiger charge is 2.19. The molecule has 0 radical (unpaired) electrons. The van der Waals surface area contributed by atoms with Gasteiger partial charge >= 0.3 is 0 Å². The number of aliphatic hydroxyl groups is 1. The molecule has 0 aromatic heterocycles. The minimum atomic E-state index is -1.20. The fourth-order valence-electron chi connectivity index (χ4n) is 2.65. The van der Waals surface area contributed by atoms with Crippen LogP contribution in [0.5, 0.6) is 17.2 Å². The Morgan fingerprint density at radius 3 is 2.07 bits per heavy atom. The van der Waals surface area contributed by atoms with E-state index in [1.165, 1.54) is 18.2 Å². The Bertz CT molecular complexity index is 817. The highest BCUT2D eigenvalue weighted by Crippen LogP contribution is 2.39. The zero-order valence-corrected chi connectivity index (χ0v) is 16.6. The Kier molecular flexibility index (Phi) is 8.21. The molecular weight excluding hydrogens is 384 g/mol. The average Bonchev–Trinajstić information content (AvgIpc) is 2.70. The van der Waals surface area contributed by atoms with Crippen LogP contribution in [0.25, 0.3) is 0 Å². The molecule has 2 aromatic rings. The summed E-state index contributed by atoms with van der Waals surface area (Å²) in [6.07, 6.45) is -1.20. The first kappa shape index (κ1) is 22.4. The maximum Gasteiger partial charge on any atom is 0.251 e. The van der Waals surface area contributed by atoms with Crippen LogP contribution in [0.15, 0.2) is 30.3 Å². The molecule has 6 nitrogen and oxygen atoms in total. The van der Waals surface area contributed by atoms with Gasteiger partial charge in [-0.2, -0.15) is 0 Å². The van der Waals surface area contributed by atoms with Crippen molar-refractivity contribution in [1.29, 1.82) is 0 Å². The van der Waals surface area contributed by atoms with Gasteiger partial charge in [-0.3, -0.25) is 4.79 Å². The van der Waals surface area contributed by atoms with Crippen molar-refractivity contribution in [1.82, 2.24) is 5.32 Å². The van der Waals surface area contributed by atoms with E-state index in [1.807, 2.05) is 6.92 Å². The molecule has 2 aromatic carbocycles. The number of carbonyl (C=O) groups is 1. The normalized spacial score (nSPS) is 11.7. The van der Waals surface area contributed by atoms with Gasteiger partial charge in [-0.15, -0.1) is 0 Å². The van der Waals surface area contributed by atoms with Gasteiger partial charge in [0.1, 0.15) is 0 Å². The number of rotatable bonds is 10. The topological polar surface area (TPSA) is 77.0 Å². The lowest BCUT2D eigenvalue weighted by atomic mass is 10.1. The SMILES string of the molecule is CCOc1cc(C(=O)NCC(O)c2ccc(F)c(F)c2)cc(OCC)c1OCC. The molecule has 0 aliphatic carbocycles. The summed E-state index contributed by atoms with van der Waals surface area (Å²) in [7, 11) is 0. The van der Waals surface area contributed by atoms with Crippen molar-refractivity contribution < 1.29 is 32.9 Å². The zero-order valence-electron chi connectivity index (χ0n) is 16.6. The van der Waals surface area contributed by atoms with Crippen molar-refractivity contribution in [3.05, 3.63) is 53.1 Å². The second-order valence-electron chi connectivity index (χ2n) is 6.00. The van der Waals surface area contributed by atoms with Crippen LogP contribution >= 0.6 is 0 Å². The number of nitrogens with one attached hydrogen (secondary N) is 1. The molecule has 1 amide bonds. The van der Waals surface area contributed by atoms with Gasteiger partial charge in [0.25, 0.3) is 5.91 Å². The van der Waals surface area contributed by atoms with E-state index in [4.69, 9.17) is 14.2 Å². The molecule has 0 saturated heterocycles. The van der Waals surface area contributed by atoms with Crippen LogP contribution in [0.4, 0.5) is 8.78 Å². The van der Waals surface area contributed by atoms with Gasteiger partial charge < -0.3 is 24.6 Å². The largest absolute Gasteiger partial charge is 0.490 e. The second-order valence-corrected chi connectivity index (χ2v) is 6.00. The number of hydrogen-bond acceptors (Lipinski definition) is 5. The summed E-state index contributed by atoms with van der Waals surface area (Å²) >= 11 is 0. The summed E-state index contributed by atoms with van der Waals surface area (Å²) in [6.45, 7) is 6.38. The monoisotopic (exact) mass is 409 g/mol. The van der Waals surface area contributed by atoms with E-state index >= 15 is 0 Å². The van der Waals surface area contributed by atoms with Crippen molar-refractivity contribution in [2.75, 3.05) is 26.4 Å². The van der Waals surface area contributed by atoms with E-state index in [0.29, 0.717) is 37.1 Å². The Labute approximate surface area is 168 Å². The van der Waals surface area contributed by atoms with E-state index in [2.05, 4.69) is 5.32 Å². The molecule has 158 valence electrons. The van der Waals surface area contributed by atoms with E-state index < -0.39 is 23.6 Å². The van der Waals surface area contributed by atoms with E-state index in [-0.39, 0.29) is 17.7 Å². The van der Waals surface area contributed by atoms with Crippen LogP contribution in [0.3, 0.4) is 0 Å². The van der Waals surface area contributed by atoms with Crippen molar-refractivity contribution in [3.63, 3.8) is 0 Å². The van der Waals surface area contributed by atoms with Crippen LogP contribution < -0.4 is 19.5 Å². The molecule has 0 heterocycles. The molecule has 0 fully saturated rings. The summed E-state index contributed by atoms with van der Waals surface area (Å²) in [5, 5.41) is 12.7. The Morgan fingerprint density at radius 2 is 1.55 bits per heavy atom. The molecular formula is C21H25F2NO5. The summed E-state index contributed by atoms with van der Waals surface area (Å²) in [6, 6.07) is 6.12. The quantitative estimate of drug-likeness (QED) is 0.627. The molecule has 1 atom stereocenters. The van der Waals surface area contributed by atoms with E-state index in [9.17, 15) is 18.7 Å². The Morgan fingerprint density at radius 1 is 0.966 bits per heavy atom. The molecule has 0 aliphatic rings. The minimum Gasteiger partial charge on any atom is -0.490 e. The predicted molar refractivity (Wildman–Crippen MR) is 104 cm³/mol. The summed E-state index contributed by atoms with van der Waals surface area (Å²) in [5.74, 6) is -1.42. The summed E-state index contributed by atoms with van der Waals surface area (Å²) < 4.78 is 43.1. The standard InChI is InChI=1S/C21H25F2NO5/c1-4-27-18-10-14(11-19(28-5-2)20(18)29-6-3)21(26)24-12-17(25)13-7-8-15(22)16(23)9-13/h7-11,17,25H,4-6,12H2,1-3H3,(H,24,26). The first-order valence-electron chi connectivity index (χ1n) is 9.38. The van der Waals surface area contributed by atoms with Crippen LogP contribution in [-0.2, 0) is 0 Å². The first-order valence-corrected chi connectivity index (χ1v) is 9.38. The third-order valence-electron chi connectivity index (χ3n) is 3.96. The fraction of sp³-hybridized carbons (Fsp3) is 0.381. The van der Waals surface area contributed by atoms with Crippen molar-refractivity contribution in [2.45, 2.75) is 26.9 Å². The van der Waals surface area contributed by atoms with Gasteiger partial charge in [0.15, 0.2) is 23.1 Å². The number of carbonyl (C=O) groups excluding carboxylic acids is 1. The molecule has 0 bridgehead atoms. The van der Waals surface area contributed by atoms with Crippen LogP contribution in [0.2, 0.25) is 0 Å². The number of halogens is 2. The lowest BCUT2D eigenvalue weighted by Gasteiger charge is -2.17. The Balaban J connectivity index is 2.19. The first-order chi connectivity index (χ1) is 13.9. The number of benzene rings is 2. The second kappa shape index (κ2) is 10.6. The molecule has 2 rings (SSSR count). The fourth-order valence-corrected chi connectivity index (χ4v) is 2.65. The summed E-state index contributed by atoms with van der Waals surface area (Å²) in [4.78, 5) is 12.6. The van der Waals surface area contributed by atoms with Crippen LogP contribution in [0.1, 0.15) is 42.8 Å². The lowest BCUT2D eigenvalue weighted by molar-refractivity contribution is 0.0915. The zero-order chi connectivity index (χ0) is 21.4. The maximum atomic E-state index is 13.3. The highest BCUT2D eigenvalue weighted by molar-refractivity contribution is 5.95. The van der Waals surface area contributed by atoms with Gasteiger partial charge in [-0.05, 0) is 50.6 Å². The third kappa shape index (κ3) is 5.80. The third-order valence-corrected chi connectivity index (χ3v) is 3.96. The molecule has 29 heavy (non-hydrogen) atoms.